The van der Waals surface area contributed by atoms with Crippen molar-refractivity contribution < 1.29 is 17.7 Å². The molecule has 4 heterocycles. The molecular formula is C32H30F2N6O2S. The lowest BCUT2D eigenvalue weighted by atomic mass is 10.0. The maximum atomic E-state index is 15.5. The van der Waals surface area contributed by atoms with E-state index in [1.807, 2.05) is 49.4 Å². The predicted molar refractivity (Wildman–Crippen MR) is 170 cm³/mol. The van der Waals surface area contributed by atoms with E-state index in [2.05, 4.69) is 30.8 Å². The van der Waals surface area contributed by atoms with Crippen molar-refractivity contribution in [2.45, 2.75) is 6.92 Å². The minimum absolute atomic E-state index is 0.168. The molecule has 1 saturated heterocycles. The van der Waals surface area contributed by atoms with Gasteiger partial charge in [-0.15, -0.1) is 0 Å². The number of anilines is 4. The molecule has 1 fully saturated rings. The third-order valence-corrected chi connectivity index (χ3v) is 7.84. The van der Waals surface area contributed by atoms with E-state index in [0.717, 1.165) is 23.0 Å². The zero-order chi connectivity index (χ0) is 30.1. The van der Waals surface area contributed by atoms with E-state index in [0.29, 0.717) is 60.3 Å². The number of rotatable bonds is 7. The summed E-state index contributed by atoms with van der Waals surface area (Å²) in [4.78, 5) is 16.0. The standard InChI is InChI=1S/C32H30F2N6O2S/c1-20-31(26-6-4-5-11-35-26)38-28-17-22(33)16-25(34)30(28)32(20)37-27-18-29(40-12-14-42-15-13-40)36-19-24(27)21-7-9-23(10-8-21)39-43(2,3)41/h4-11,16-19H,2,12-15H2,1,3H3,(H,39,41)(H,36,37,38). The van der Waals surface area contributed by atoms with Crippen molar-refractivity contribution in [3.8, 4) is 22.5 Å². The van der Waals surface area contributed by atoms with E-state index in [-0.39, 0.29) is 10.9 Å². The zero-order valence-corrected chi connectivity index (χ0v) is 24.5. The summed E-state index contributed by atoms with van der Waals surface area (Å²) in [6.07, 6.45) is 4.96. The Morgan fingerprint density at radius 2 is 1.79 bits per heavy atom. The summed E-state index contributed by atoms with van der Waals surface area (Å²) in [6.45, 7) is 4.38. The Balaban J connectivity index is 1.52. The highest BCUT2D eigenvalue weighted by atomic mass is 32.2. The fourth-order valence-corrected chi connectivity index (χ4v) is 5.79. The van der Waals surface area contributed by atoms with Gasteiger partial charge in [0.2, 0.25) is 0 Å². The van der Waals surface area contributed by atoms with Gasteiger partial charge >= 0.3 is 0 Å². The number of nitrogens with one attached hydrogen (secondary N) is 2. The molecular weight excluding hydrogens is 570 g/mol. The summed E-state index contributed by atoms with van der Waals surface area (Å²) in [5.74, 6) is 2.95. The SMILES string of the molecule is C=S(C)(=O)Nc1ccc(-c2cnc(N3CCOCC3)cc2Nc2c(C)c(-c3ccccn3)nc3cc(F)cc(F)c23)cc1. The van der Waals surface area contributed by atoms with Gasteiger partial charge in [0.1, 0.15) is 17.5 Å². The molecule has 43 heavy (non-hydrogen) atoms. The number of pyridine rings is 3. The van der Waals surface area contributed by atoms with Crippen molar-refractivity contribution >= 4 is 49.4 Å². The molecule has 0 aliphatic carbocycles. The number of fused-ring (bicyclic) bond motifs is 1. The number of hydrogen-bond acceptors (Lipinski definition) is 7. The molecule has 5 aromatic rings. The number of morpholine rings is 1. The van der Waals surface area contributed by atoms with Crippen molar-refractivity contribution in [1.29, 1.82) is 0 Å². The second-order valence-electron chi connectivity index (χ2n) is 10.5. The van der Waals surface area contributed by atoms with Crippen molar-refractivity contribution in [3.63, 3.8) is 0 Å². The lowest BCUT2D eigenvalue weighted by Gasteiger charge is -2.28. The molecule has 0 saturated carbocycles. The van der Waals surface area contributed by atoms with Crippen LogP contribution < -0.4 is 14.9 Å². The Kier molecular flexibility index (Phi) is 7.68. The first-order valence-electron chi connectivity index (χ1n) is 13.7. The minimum atomic E-state index is -2.45. The maximum absolute atomic E-state index is 15.5. The van der Waals surface area contributed by atoms with Gasteiger partial charge in [0.25, 0.3) is 0 Å². The van der Waals surface area contributed by atoms with Crippen molar-refractivity contribution in [2.75, 3.05) is 47.5 Å². The summed E-state index contributed by atoms with van der Waals surface area (Å²) in [5, 5.41) is 3.65. The Labute approximate surface area is 248 Å². The molecule has 6 rings (SSSR count). The highest BCUT2D eigenvalue weighted by Gasteiger charge is 2.21. The van der Waals surface area contributed by atoms with Gasteiger partial charge < -0.3 is 19.7 Å². The van der Waals surface area contributed by atoms with Gasteiger partial charge in [-0.25, -0.2) is 23.0 Å². The van der Waals surface area contributed by atoms with Crippen LogP contribution in [0.4, 0.5) is 31.7 Å². The number of aromatic nitrogens is 3. The van der Waals surface area contributed by atoms with Crippen molar-refractivity contribution in [2.24, 2.45) is 0 Å². The van der Waals surface area contributed by atoms with E-state index in [9.17, 15) is 8.60 Å². The van der Waals surface area contributed by atoms with Crippen molar-refractivity contribution in [1.82, 2.24) is 15.0 Å². The molecule has 220 valence electrons. The average molecular weight is 601 g/mol. The third-order valence-electron chi connectivity index (χ3n) is 7.17. The monoisotopic (exact) mass is 600 g/mol. The second kappa shape index (κ2) is 11.6. The lowest BCUT2D eigenvalue weighted by Crippen LogP contribution is -2.36. The summed E-state index contributed by atoms with van der Waals surface area (Å²) in [7, 11) is -2.45. The first-order valence-corrected chi connectivity index (χ1v) is 15.8. The number of nitrogens with zero attached hydrogens (tertiary/aromatic N) is 4. The Morgan fingerprint density at radius 3 is 2.49 bits per heavy atom. The maximum Gasteiger partial charge on any atom is 0.137 e. The Hall–Kier alpha value is -4.61. The molecule has 1 unspecified atom stereocenters. The van der Waals surface area contributed by atoms with Gasteiger partial charge in [0.05, 0.1) is 46.9 Å². The molecule has 0 spiro atoms. The summed E-state index contributed by atoms with van der Waals surface area (Å²) in [6, 6.07) is 16.9. The fraction of sp³-hybridized carbons (Fsp3) is 0.188. The van der Waals surface area contributed by atoms with Gasteiger partial charge in [-0.2, -0.15) is 0 Å². The van der Waals surface area contributed by atoms with Gasteiger partial charge in [-0.1, -0.05) is 18.2 Å². The van der Waals surface area contributed by atoms with Crippen LogP contribution in [0.3, 0.4) is 0 Å². The minimum Gasteiger partial charge on any atom is -0.378 e. The van der Waals surface area contributed by atoms with Crippen LogP contribution in [0.1, 0.15) is 5.56 Å². The normalized spacial score (nSPS) is 14.8. The molecule has 11 heteroatoms. The molecule has 2 aromatic carbocycles. The number of halogens is 2. The molecule has 8 nitrogen and oxygen atoms in total. The molecule has 0 radical (unpaired) electrons. The summed E-state index contributed by atoms with van der Waals surface area (Å²) < 4.78 is 50.5. The second-order valence-corrected chi connectivity index (χ2v) is 12.7. The van der Waals surface area contributed by atoms with Crippen LogP contribution >= 0.6 is 0 Å². The van der Waals surface area contributed by atoms with Gasteiger partial charge in [-0.3, -0.25) is 4.98 Å². The topological polar surface area (TPSA) is 92.3 Å². The molecule has 1 atom stereocenters. The Bertz CT molecular complexity index is 1910. The highest BCUT2D eigenvalue weighted by Crippen LogP contribution is 2.40. The van der Waals surface area contributed by atoms with E-state index < -0.39 is 21.3 Å². The van der Waals surface area contributed by atoms with E-state index in [1.54, 1.807) is 18.5 Å². The van der Waals surface area contributed by atoms with E-state index >= 15 is 4.39 Å². The number of ether oxygens (including phenoxy) is 1. The fourth-order valence-electron chi connectivity index (χ4n) is 5.16. The molecule has 2 N–H and O–H groups in total. The lowest BCUT2D eigenvalue weighted by molar-refractivity contribution is 0.122. The predicted octanol–water partition coefficient (Wildman–Crippen LogP) is 6.20. The van der Waals surface area contributed by atoms with Crippen LogP contribution in [0.5, 0.6) is 0 Å². The molecule has 3 aromatic heterocycles. The highest BCUT2D eigenvalue weighted by molar-refractivity contribution is 8.00. The van der Waals surface area contributed by atoms with Crippen LogP contribution in [0.2, 0.25) is 0 Å². The first-order chi connectivity index (χ1) is 20.7. The molecule has 0 bridgehead atoms. The van der Waals surface area contributed by atoms with Crippen LogP contribution in [0.25, 0.3) is 33.4 Å². The Morgan fingerprint density at radius 1 is 1.02 bits per heavy atom. The quantitative estimate of drug-likeness (QED) is 0.215. The van der Waals surface area contributed by atoms with Crippen LogP contribution in [0, 0.1) is 18.6 Å². The average Bonchev–Trinajstić information content (AvgIpc) is 2.99. The third kappa shape index (κ3) is 6.13. The zero-order valence-electron chi connectivity index (χ0n) is 23.7. The smallest absolute Gasteiger partial charge is 0.137 e. The number of benzene rings is 2. The van der Waals surface area contributed by atoms with Gasteiger partial charge in [0.15, 0.2) is 0 Å². The van der Waals surface area contributed by atoms with E-state index in [1.165, 1.54) is 12.3 Å². The summed E-state index contributed by atoms with van der Waals surface area (Å²) >= 11 is 0. The molecule has 0 amide bonds. The van der Waals surface area contributed by atoms with Crippen LogP contribution in [-0.2, 0) is 14.4 Å². The van der Waals surface area contributed by atoms with Gasteiger partial charge in [0, 0.05) is 76.5 Å². The van der Waals surface area contributed by atoms with E-state index in [4.69, 9.17) is 9.72 Å². The van der Waals surface area contributed by atoms with Crippen LogP contribution in [0.15, 0.2) is 73.1 Å². The largest absolute Gasteiger partial charge is 0.378 e. The van der Waals surface area contributed by atoms with Crippen molar-refractivity contribution in [3.05, 3.63) is 90.3 Å². The first kappa shape index (κ1) is 28.5. The number of hydrogen-bond donors (Lipinski definition) is 2. The van der Waals surface area contributed by atoms with Crippen LogP contribution in [-0.4, -0.2) is 57.6 Å². The molecule has 1 aliphatic rings. The molecule has 1 aliphatic heterocycles. The summed E-state index contributed by atoms with van der Waals surface area (Å²) in [5.41, 5.74) is 5.27. The van der Waals surface area contributed by atoms with Gasteiger partial charge in [-0.05, 0) is 42.6 Å².